The minimum atomic E-state index is -0.0970. The number of pyridine rings is 1. The minimum absolute atomic E-state index is 0.0970. The Morgan fingerprint density at radius 2 is 2.38 bits per heavy atom. The van der Waals surface area contributed by atoms with E-state index in [-0.39, 0.29) is 11.8 Å². The molecular formula is C12H13ClN2O. The minimum Gasteiger partial charge on any atom is -0.297 e. The molecule has 0 spiro atoms. The van der Waals surface area contributed by atoms with Crippen LogP contribution in [0, 0.1) is 0 Å². The molecule has 0 saturated heterocycles. The van der Waals surface area contributed by atoms with Crippen LogP contribution in [0.2, 0.25) is 5.15 Å². The predicted molar refractivity (Wildman–Crippen MR) is 64.1 cm³/mol. The molecular weight excluding hydrogens is 224 g/mol. The summed E-state index contributed by atoms with van der Waals surface area (Å²) in [5.41, 5.74) is 1.04. The van der Waals surface area contributed by atoms with E-state index in [0.717, 1.165) is 24.8 Å². The zero-order chi connectivity index (χ0) is 11.4. The number of aliphatic imine (C=N–C) groups is 1. The van der Waals surface area contributed by atoms with Crippen molar-refractivity contribution in [2.75, 3.05) is 0 Å². The second-order valence-electron chi connectivity index (χ2n) is 3.88. The van der Waals surface area contributed by atoms with E-state index in [1.165, 1.54) is 0 Å². The van der Waals surface area contributed by atoms with E-state index in [2.05, 4.69) is 9.98 Å². The second-order valence-corrected chi connectivity index (χ2v) is 4.27. The molecule has 0 bridgehead atoms. The number of hydrogen-bond donors (Lipinski definition) is 0. The molecule has 0 fully saturated rings. The van der Waals surface area contributed by atoms with Gasteiger partial charge in [0.1, 0.15) is 11.2 Å². The third kappa shape index (κ3) is 2.89. The first-order chi connectivity index (χ1) is 7.75. The summed E-state index contributed by atoms with van der Waals surface area (Å²) in [6.07, 6.45) is 6.61. The van der Waals surface area contributed by atoms with Crippen LogP contribution in [0.5, 0.6) is 0 Å². The lowest BCUT2D eigenvalue weighted by molar-refractivity contribution is -0.120. The van der Waals surface area contributed by atoms with E-state index in [9.17, 15) is 4.79 Å². The summed E-state index contributed by atoms with van der Waals surface area (Å²) in [7, 11) is 0. The van der Waals surface area contributed by atoms with Crippen molar-refractivity contribution in [2.45, 2.75) is 31.7 Å². The van der Waals surface area contributed by atoms with Crippen LogP contribution in [-0.4, -0.2) is 23.0 Å². The topological polar surface area (TPSA) is 42.3 Å². The maximum Gasteiger partial charge on any atom is 0.157 e. The normalized spacial score (nSPS) is 18.9. The highest BCUT2D eigenvalue weighted by atomic mass is 35.5. The molecule has 2 heterocycles. The first-order valence-corrected chi connectivity index (χ1v) is 5.78. The molecule has 0 aliphatic carbocycles. The first kappa shape index (κ1) is 11.3. The lowest BCUT2D eigenvalue weighted by Crippen LogP contribution is -2.16. The van der Waals surface area contributed by atoms with Crippen molar-refractivity contribution in [1.29, 1.82) is 0 Å². The van der Waals surface area contributed by atoms with Crippen LogP contribution in [0.4, 0.5) is 0 Å². The number of rotatable bonds is 4. The van der Waals surface area contributed by atoms with Gasteiger partial charge in [0.15, 0.2) is 5.78 Å². The van der Waals surface area contributed by atoms with Gasteiger partial charge in [-0.3, -0.25) is 9.79 Å². The Hall–Kier alpha value is -1.22. The maximum atomic E-state index is 11.7. The van der Waals surface area contributed by atoms with Gasteiger partial charge < -0.3 is 0 Å². The molecule has 1 aromatic heterocycles. The summed E-state index contributed by atoms with van der Waals surface area (Å²) >= 11 is 5.68. The van der Waals surface area contributed by atoms with Crippen LogP contribution < -0.4 is 0 Å². The average molecular weight is 237 g/mol. The molecule has 0 amide bonds. The summed E-state index contributed by atoms with van der Waals surface area (Å²) in [6, 6.07) is 3.55. The monoisotopic (exact) mass is 236 g/mol. The van der Waals surface area contributed by atoms with Gasteiger partial charge in [-0.25, -0.2) is 4.98 Å². The van der Waals surface area contributed by atoms with Gasteiger partial charge in [0.2, 0.25) is 0 Å². The van der Waals surface area contributed by atoms with E-state index in [1.54, 1.807) is 12.3 Å². The molecule has 1 atom stereocenters. The number of nitrogens with zero attached hydrogens (tertiary/aromatic N) is 2. The Balaban J connectivity index is 1.85. The second kappa shape index (κ2) is 5.21. The standard InChI is InChI=1S/C12H13ClN2O/c13-12-6-4-9(8-15-12)3-5-11(16)10-2-1-7-14-10/h4,6-8,10H,1-3,5H2. The van der Waals surface area contributed by atoms with Crippen LogP contribution >= 0.6 is 11.6 Å². The fourth-order valence-corrected chi connectivity index (χ4v) is 1.85. The number of aryl methyl sites for hydroxylation is 1. The number of carbonyl (C=O) groups is 1. The average Bonchev–Trinajstić information content (AvgIpc) is 2.81. The highest BCUT2D eigenvalue weighted by Gasteiger charge is 2.18. The van der Waals surface area contributed by atoms with Crippen molar-refractivity contribution in [3.8, 4) is 0 Å². The smallest absolute Gasteiger partial charge is 0.157 e. The largest absolute Gasteiger partial charge is 0.297 e. The molecule has 1 unspecified atom stereocenters. The van der Waals surface area contributed by atoms with Gasteiger partial charge in [-0.15, -0.1) is 0 Å². The summed E-state index contributed by atoms with van der Waals surface area (Å²) in [4.78, 5) is 19.9. The van der Waals surface area contributed by atoms with Crippen LogP contribution in [0.1, 0.15) is 24.8 Å². The lowest BCUT2D eigenvalue weighted by atomic mass is 10.0. The van der Waals surface area contributed by atoms with E-state index in [0.29, 0.717) is 11.6 Å². The molecule has 1 aliphatic heterocycles. The molecule has 0 saturated carbocycles. The van der Waals surface area contributed by atoms with Crippen molar-refractivity contribution >= 4 is 23.6 Å². The van der Waals surface area contributed by atoms with E-state index in [1.807, 2.05) is 12.3 Å². The number of Topliss-reactive ketones (excluding diaryl/α,β-unsaturated/α-hetero) is 1. The van der Waals surface area contributed by atoms with E-state index >= 15 is 0 Å². The van der Waals surface area contributed by atoms with Crippen LogP contribution in [0.25, 0.3) is 0 Å². The van der Waals surface area contributed by atoms with E-state index < -0.39 is 0 Å². The molecule has 0 N–H and O–H groups in total. The maximum absolute atomic E-state index is 11.7. The van der Waals surface area contributed by atoms with Crippen molar-refractivity contribution in [3.63, 3.8) is 0 Å². The molecule has 1 aromatic rings. The molecule has 4 heteroatoms. The van der Waals surface area contributed by atoms with Gasteiger partial charge in [-0.1, -0.05) is 17.7 Å². The van der Waals surface area contributed by atoms with Crippen LogP contribution in [0.3, 0.4) is 0 Å². The fourth-order valence-electron chi connectivity index (χ4n) is 1.74. The Kier molecular flexibility index (Phi) is 3.67. The number of hydrogen-bond acceptors (Lipinski definition) is 3. The third-order valence-corrected chi connectivity index (χ3v) is 2.90. The summed E-state index contributed by atoms with van der Waals surface area (Å²) in [5.74, 6) is 0.226. The van der Waals surface area contributed by atoms with Gasteiger partial charge in [0.05, 0.1) is 0 Å². The Morgan fingerprint density at radius 1 is 1.50 bits per heavy atom. The number of halogens is 1. The van der Waals surface area contributed by atoms with Gasteiger partial charge >= 0.3 is 0 Å². The number of aromatic nitrogens is 1. The quantitative estimate of drug-likeness (QED) is 0.754. The molecule has 0 radical (unpaired) electrons. The van der Waals surface area contributed by atoms with Gasteiger partial charge in [-0.2, -0.15) is 0 Å². The fraction of sp³-hybridized carbons (Fsp3) is 0.417. The molecule has 2 rings (SSSR count). The van der Waals surface area contributed by atoms with Gasteiger partial charge in [-0.05, 0) is 37.1 Å². The zero-order valence-electron chi connectivity index (χ0n) is 8.90. The number of carbonyl (C=O) groups excluding carboxylic acids is 1. The number of ketones is 1. The Labute approximate surface area is 99.6 Å². The third-order valence-electron chi connectivity index (χ3n) is 2.67. The summed E-state index contributed by atoms with van der Waals surface area (Å²) in [5, 5.41) is 0.482. The van der Waals surface area contributed by atoms with Crippen LogP contribution in [-0.2, 0) is 11.2 Å². The molecule has 84 valence electrons. The van der Waals surface area contributed by atoms with Gasteiger partial charge in [0.25, 0.3) is 0 Å². The predicted octanol–water partition coefficient (Wildman–Crippen LogP) is 2.47. The molecule has 16 heavy (non-hydrogen) atoms. The Morgan fingerprint density at radius 3 is 3.00 bits per heavy atom. The highest BCUT2D eigenvalue weighted by Crippen LogP contribution is 2.13. The summed E-state index contributed by atoms with van der Waals surface area (Å²) < 4.78 is 0. The lowest BCUT2D eigenvalue weighted by Gasteiger charge is -2.05. The summed E-state index contributed by atoms with van der Waals surface area (Å²) in [6.45, 7) is 0. The van der Waals surface area contributed by atoms with Crippen molar-refractivity contribution < 1.29 is 4.79 Å². The van der Waals surface area contributed by atoms with Gasteiger partial charge in [0, 0.05) is 12.6 Å². The first-order valence-electron chi connectivity index (χ1n) is 5.40. The SMILES string of the molecule is O=C(CCc1ccc(Cl)nc1)C1CCC=N1. The van der Waals surface area contributed by atoms with Crippen LogP contribution in [0.15, 0.2) is 23.3 Å². The molecule has 1 aliphatic rings. The molecule has 3 nitrogen and oxygen atoms in total. The highest BCUT2D eigenvalue weighted by molar-refractivity contribution is 6.29. The Bertz CT molecular complexity index is 400. The zero-order valence-corrected chi connectivity index (χ0v) is 9.65. The van der Waals surface area contributed by atoms with Crippen molar-refractivity contribution in [3.05, 3.63) is 29.0 Å². The molecule has 0 aromatic carbocycles. The van der Waals surface area contributed by atoms with Crippen molar-refractivity contribution in [1.82, 2.24) is 4.98 Å². The van der Waals surface area contributed by atoms with E-state index in [4.69, 9.17) is 11.6 Å². The van der Waals surface area contributed by atoms with Crippen molar-refractivity contribution in [2.24, 2.45) is 4.99 Å².